The monoisotopic (exact) mass is 307 g/mol. The Labute approximate surface area is 134 Å². The van der Waals surface area contributed by atoms with Gasteiger partial charge in [-0.1, -0.05) is 26.0 Å². The third kappa shape index (κ3) is 4.70. The summed E-state index contributed by atoms with van der Waals surface area (Å²) >= 11 is 0. The Morgan fingerprint density at radius 2 is 2.14 bits per heavy atom. The van der Waals surface area contributed by atoms with Gasteiger partial charge in [0.2, 0.25) is 0 Å². The third-order valence-electron chi connectivity index (χ3n) is 4.35. The van der Waals surface area contributed by atoms with E-state index in [0.29, 0.717) is 25.8 Å². The van der Waals surface area contributed by atoms with Crippen molar-refractivity contribution in [3.8, 4) is 5.75 Å². The fourth-order valence-corrected chi connectivity index (χ4v) is 3.07. The molecule has 4 heteroatoms. The summed E-state index contributed by atoms with van der Waals surface area (Å²) in [5.74, 6) is 0.798. The minimum absolute atomic E-state index is 0.257. The van der Waals surface area contributed by atoms with Crippen molar-refractivity contribution in [2.75, 3.05) is 32.9 Å². The van der Waals surface area contributed by atoms with Gasteiger partial charge >= 0.3 is 0 Å². The molecule has 22 heavy (non-hydrogen) atoms. The Kier molecular flexibility index (Phi) is 6.24. The van der Waals surface area contributed by atoms with Gasteiger partial charge in [0, 0.05) is 19.1 Å². The average molecular weight is 307 g/mol. The molecule has 0 unspecified atom stereocenters. The van der Waals surface area contributed by atoms with Gasteiger partial charge in [-0.2, -0.15) is 0 Å². The lowest BCUT2D eigenvalue weighted by Crippen LogP contribution is -2.51. The highest BCUT2D eigenvalue weighted by atomic mass is 16.5. The van der Waals surface area contributed by atoms with Crippen LogP contribution in [-0.2, 0) is 4.74 Å². The van der Waals surface area contributed by atoms with Gasteiger partial charge in [0.1, 0.15) is 18.0 Å². The average Bonchev–Trinajstić information content (AvgIpc) is 2.69. The number of benzene rings is 1. The standard InChI is InChI=1S/C18H29NO3/c1-4-16(5-2)19-9-10-21-13-18(20,12-19)14-22-17-8-6-7-15(3)11-17/h6-8,11,16,20H,4-5,9-10,12-14H2,1-3H3/t18-/m1/s1. The highest BCUT2D eigenvalue weighted by Crippen LogP contribution is 2.20. The van der Waals surface area contributed by atoms with Crippen LogP contribution >= 0.6 is 0 Å². The van der Waals surface area contributed by atoms with Crippen molar-refractivity contribution in [1.29, 1.82) is 0 Å². The van der Waals surface area contributed by atoms with Gasteiger partial charge in [0.15, 0.2) is 0 Å². The highest BCUT2D eigenvalue weighted by molar-refractivity contribution is 5.27. The Balaban J connectivity index is 2.00. The molecule has 124 valence electrons. The Bertz CT molecular complexity index is 461. The molecule has 1 aliphatic heterocycles. The van der Waals surface area contributed by atoms with E-state index in [0.717, 1.165) is 30.7 Å². The topological polar surface area (TPSA) is 41.9 Å². The fraction of sp³-hybridized carbons (Fsp3) is 0.667. The van der Waals surface area contributed by atoms with E-state index >= 15 is 0 Å². The molecule has 1 aromatic rings. The normalized spacial score (nSPS) is 23.5. The van der Waals surface area contributed by atoms with Crippen LogP contribution in [0.1, 0.15) is 32.3 Å². The van der Waals surface area contributed by atoms with Gasteiger partial charge in [0.05, 0.1) is 13.2 Å². The zero-order valence-corrected chi connectivity index (χ0v) is 14.0. The van der Waals surface area contributed by atoms with Crippen molar-refractivity contribution in [2.24, 2.45) is 0 Å². The lowest BCUT2D eigenvalue weighted by molar-refractivity contribution is -0.0673. The van der Waals surface area contributed by atoms with Crippen molar-refractivity contribution in [2.45, 2.75) is 45.3 Å². The molecule has 1 heterocycles. The van der Waals surface area contributed by atoms with Gasteiger partial charge < -0.3 is 14.6 Å². The van der Waals surface area contributed by atoms with Crippen LogP contribution in [0.2, 0.25) is 0 Å². The van der Waals surface area contributed by atoms with Crippen LogP contribution in [-0.4, -0.2) is 54.6 Å². The first-order chi connectivity index (χ1) is 10.6. The van der Waals surface area contributed by atoms with Crippen LogP contribution in [0.3, 0.4) is 0 Å². The Morgan fingerprint density at radius 3 is 2.82 bits per heavy atom. The number of rotatable bonds is 6. The summed E-state index contributed by atoms with van der Waals surface area (Å²) in [6, 6.07) is 8.40. The molecular weight excluding hydrogens is 278 g/mol. The summed E-state index contributed by atoms with van der Waals surface area (Å²) < 4.78 is 11.4. The van der Waals surface area contributed by atoms with E-state index in [4.69, 9.17) is 9.47 Å². The molecule has 0 bridgehead atoms. The Hall–Kier alpha value is -1.10. The molecule has 0 saturated carbocycles. The molecule has 0 spiro atoms. The first-order valence-corrected chi connectivity index (χ1v) is 8.30. The van der Waals surface area contributed by atoms with Gasteiger partial charge in [-0.15, -0.1) is 0 Å². The van der Waals surface area contributed by atoms with Crippen LogP contribution in [0.15, 0.2) is 24.3 Å². The lowest BCUT2D eigenvalue weighted by atomic mass is 10.0. The summed E-state index contributed by atoms with van der Waals surface area (Å²) in [5, 5.41) is 10.9. The quantitative estimate of drug-likeness (QED) is 0.877. The third-order valence-corrected chi connectivity index (χ3v) is 4.35. The molecule has 2 rings (SSSR count). The predicted molar refractivity (Wildman–Crippen MR) is 88.4 cm³/mol. The molecule has 4 nitrogen and oxygen atoms in total. The summed E-state index contributed by atoms with van der Waals surface area (Å²) in [7, 11) is 0. The maximum Gasteiger partial charge on any atom is 0.134 e. The number of hydrogen-bond acceptors (Lipinski definition) is 4. The molecule has 1 atom stereocenters. The maximum absolute atomic E-state index is 10.9. The molecule has 1 saturated heterocycles. The minimum Gasteiger partial charge on any atom is -0.490 e. The van der Waals surface area contributed by atoms with E-state index in [9.17, 15) is 5.11 Å². The number of ether oxygens (including phenoxy) is 2. The molecule has 1 fully saturated rings. The van der Waals surface area contributed by atoms with Crippen LogP contribution in [0.25, 0.3) is 0 Å². The number of aryl methyl sites for hydroxylation is 1. The summed E-state index contributed by atoms with van der Waals surface area (Å²) in [6.07, 6.45) is 2.18. The van der Waals surface area contributed by atoms with Crippen molar-refractivity contribution in [1.82, 2.24) is 4.90 Å². The van der Waals surface area contributed by atoms with E-state index < -0.39 is 5.60 Å². The molecule has 1 aliphatic rings. The van der Waals surface area contributed by atoms with Crippen molar-refractivity contribution < 1.29 is 14.6 Å². The molecule has 0 aliphatic carbocycles. The van der Waals surface area contributed by atoms with Crippen LogP contribution in [0, 0.1) is 6.92 Å². The second-order valence-electron chi connectivity index (χ2n) is 6.32. The molecule has 0 amide bonds. The molecule has 1 N–H and O–H groups in total. The second-order valence-corrected chi connectivity index (χ2v) is 6.32. The minimum atomic E-state index is -0.956. The SMILES string of the molecule is CCC(CC)N1CCOC[C@@](O)(COc2cccc(C)c2)C1. The number of β-amino-alcohol motifs (C(OH)–C–C–N with tert-alkyl or cyclic N) is 1. The lowest BCUT2D eigenvalue weighted by Gasteiger charge is -2.34. The van der Waals surface area contributed by atoms with Crippen molar-refractivity contribution in [3.63, 3.8) is 0 Å². The number of nitrogens with zero attached hydrogens (tertiary/aromatic N) is 1. The largest absolute Gasteiger partial charge is 0.490 e. The molecule has 0 aromatic heterocycles. The fourth-order valence-electron chi connectivity index (χ4n) is 3.07. The molecule has 0 radical (unpaired) electrons. The van der Waals surface area contributed by atoms with Gasteiger partial charge in [-0.25, -0.2) is 0 Å². The highest BCUT2D eigenvalue weighted by Gasteiger charge is 2.35. The van der Waals surface area contributed by atoms with Crippen molar-refractivity contribution >= 4 is 0 Å². The molecular formula is C18H29NO3. The van der Waals surface area contributed by atoms with E-state index in [1.165, 1.54) is 0 Å². The van der Waals surface area contributed by atoms with Gasteiger partial charge in [-0.3, -0.25) is 4.90 Å². The van der Waals surface area contributed by atoms with Gasteiger partial charge in [0.25, 0.3) is 0 Å². The number of aliphatic hydroxyl groups is 1. The maximum atomic E-state index is 10.9. The first kappa shape index (κ1) is 17.3. The van der Waals surface area contributed by atoms with E-state index in [1.807, 2.05) is 31.2 Å². The van der Waals surface area contributed by atoms with Crippen LogP contribution in [0.5, 0.6) is 5.75 Å². The second kappa shape index (κ2) is 7.95. The summed E-state index contributed by atoms with van der Waals surface area (Å²) in [4.78, 5) is 2.34. The van der Waals surface area contributed by atoms with E-state index in [1.54, 1.807) is 0 Å². The smallest absolute Gasteiger partial charge is 0.134 e. The number of hydrogen-bond donors (Lipinski definition) is 1. The van der Waals surface area contributed by atoms with Crippen LogP contribution < -0.4 is 4.74 Å². The van der Waals surface area contributed by atoms with Crippen molar-refractivity contribution in [3.05, 3.63) is 29.8 Å². The first-order valence-electron chi connectivity index (χ1n) is 8.30. The zero-order chi connectivity index (χ0) is 16.0. The summed E-state index contributed by atoms with van der Waals surface area (Å²) in [5.41, 5.74) is 0.198. The van der Waals surface area contributed by atoms with Gasteiger partial charge in [-0.05, 0) is 37.5 Å². The zero-order valence-electron chi connectivity index (χ0n) is 14.0. The predicted octanol–water partition coefficient (Wildman–Crippen LogP) is 2.63. The Morgan fingerprint density at radius 1 is 1.36 bits per heavy atom. The molecule has 1 aromatic carbocycles. The van der Waals surface area contributed by atoms with E-state index in [-0.39, 0.29) is 6.61 Å². The van der Waals surface area contributed by atoms with E-state index in [2.05, 4.69) is 18.7 Å². The van der Waals surface area contributed by atoms with Crippen LogP contribution in [0.4, 0.5) is 0 Å². The summed E-state index contributed by atoms with van der Waals surface area (Å²) in [6.45, 7) is 9.16.